The molecule has 0 fully saturated rings. The van der Waals surface area contributed by atoms with Gasteiger partial charge in [-0.3, -0.25) is 14.4 Å². The maximum atomic E-state index is 15.8. The van der Waals surface area contributed by atoms with Gasteiger partial charge in [0.2, 0.25) is 8.41 Å². The molecular formula is C28H35FN4O5Si. The molecule has 11 heteroatoms. The van der Waals surface area contributed by atoms with E-state index in [1.165, 1.54) is 0 Å². The fourth-order valence-corrected chi connectivity index (χ4v) is 7.70. The number of aryl methyl sites for hydroxylation is 1. The molecule has 0 saturated carbocycles. The molecule has 2 aromatic carbocycles. The average molecular weight is 555 g/mol. The zero-order valence-electron chi connectivity index (χ0n) is 22.7. The van der Waals surface area contributed by atoms with Crippen LogP contribution in [0.25, 0.3) is 0 Å². The molecule has 0 aliphatic carbocycles. The minimum atomic E-state index is -3.18. The molecule has 0 radical (unpaired) electrons. The Bertz CT molecular complexity index is 1330. The van der Waals surface area contributed by atoms with Crippen LogP contribution in [0.3, 0.4) is 0 Å². The minimum absolute atomic E-state index is 0.00487. The maximum Gasteiger partial charge on any atom is 0.269 e. The molecule has 1 aromatic heterocycles. The van der Waals surface area contributed by atoms with Crippen LogP contribution in [0.5, 0.6) is 11.5 Å². The lowest BCUT2D eigenvalue weighted by Gasteiger charge is -2.43. The summed E-state index contributed by atoms with van der Waals surface area (Å²) in [6.45, 7) is 5.93. The zero-order valence-corrected chi connectivity index (χ0v) is 23.7. The number of nitrogens with zero attached hydrogens (tertiary/aromatic N) is 4. The van der Waals surface area contributed by atoms with Crippen LogP contribution < -0.4 is 14.4 Å². The number of carbonyl (C=O) groups excluding carboxylic acids is 1. The summed E-state index contributed by atoms with van der Waals surface area (Å²) in [5, 5.41) is 17.4. The number of methoxy groups -OCH3 is 1. The zero-order chi connectivity index (χ0) is 27.7. The fourth-order valence-electron chi connectivity index (χ4n) is 5.74. The van der Waals surface area contributed by atoms with Gasteiger partial charge in [-0.25, -0.2) is 0 Å². The van der Waals surface area contributed by atoms with E-state index in [9.17, 15) is 4.79 Å². The molecular weight excluding hydrogens is 519 g/mol. The molecule has 2 aliphatic rings. The number of ether oxygens (including phenoxy) is 3. The number of hydrogen-bond donors (Lipinski definition) is 1. The third-order valence-corrected chi connectivity index (χ3v) is 10.1. The predicted molar refractivity (Wildman–Crippen MR) is 147 cm³/mol. The lowest BCUT2D eigenvalue weighted by molar-refractivity contribution is -0.120. The number of anilines is 2. The number of benzene rings is 2. The Hall–Kier alpha value is -3.28. The summed E-state index contributed by atoms with van der Waals surface area (Å²) in [6.07, 6.45) is 2.03. The van der Waals surface area contributed by atoms with Crippen LogP contribution in [0.1, 0.15) is 30.7 Å². The second-order valence-electron chi connectivity index (χ2n) is 10.7. The first kappa shape index (κ1) is 27.3. The number of aromatic nitrogens is 3. The Morgan fingerprint density at radius 1 is 1.23 bits per heavy atom. The lowest BCUT2D eigenvalue weighted by atomic mass is 9.86. The Balaban J connectivity index is 1.43. The van der Waals surface area contributed by atoms with Crippen molar-refractivity contribution in [1.29, 1.82) is 0 Å². The summed E-state index contributed by atoms with van der Waals surface area (Å²) >= 11 is 0. The van der Waals surface area contributed by atoms with E-state index in [1.54, 1.807) is 36.0 Å². The molecule has 4 atom stereocenters. The molecule has 0 bridgehead atoms. The third-order valence-electron chi connectivity index (χ3n) is 7.68. The average Bonchev–Trinajstić information content (AvgIpc) is 3.35. The van der Waals surface area contributed by atoms with Crippen molar-refractivity contribution in [2.24, 2.45) is 5.92 Å². The third kappa shape index (κ3) is 5.43. The van der Waals surface area contributed by atoms with Crippen molar-refractivity contribution < 1.29 is 28.2 Å². The first-order valence-corrected chi connectivity index (χ1v) is 16.2. The predicted octanol–water partition coefficient (Wildman–Crippen LogP) is 4.59. The molecule has 0 spiro atoms. The number of rotatable bonds is 9. The summed E-state index contributed by atoms with van der Waals surface area (Å²) in [6, 6.07) is 13.1. The van der Waals surface area contributed by atoms with Crippen molar-refractivity contribution in [2.75, 3.05) is 25.2 Å². The summed E-state index contributed by atoms with van der Waals surface area (Å²) in [5.41, 5.74) is 2.60. The smallest absolute Gasteiger partial charge is 0.269 e. The second kappa shape index (κ2) is 11.1. The number of aliphatic hydroxyl groups excluding tert-OH is 1. The van der Waals surface area contributed by atoms with Crippen molar-refractivity contribution in [3.63, 3.8) is 0 Å². The molecule has 208 valence electrons. The van der Waals surface area contributed by atoms with Gasteiger partial charge in [-0.1, -0.05) is 24.3 Å². The Kier molecular flexibility index (Phi) is 7.74. The summed E-state index contributed by atoms with van der Waals surface area (Å²) in [7, 11) is -1.52. The van der Waals surface area contributed by atoms with Gasteiger partial charge < -0.3 is 23.4 Å². The van der Waals surface area contributed by atoms with Crippen LogP contribution in [-0.2, 0) is 22.5 Å². The van der Waals surface area contributed by atoms with Crippen LogP contribution in [0.15, 0.2) is 48.7 Å². The van der Waals surface area contributed by atoms with E-state index in [1.807, 2.05) is 49.4 Å². The molecule has 1 amide bonds. The van der Waals surface area contributed by atoms with Gasteiger partial charge in [-0.15, -0.1) is 5.10 Å². The Morgan fingerprint density at radius 2 is 2.03 bits per heavy atom. The Labute approximate surface area is 228 Å². The molecule has 0 saturated heterocycles. The van der Waals surface area contributed by atoms with Gasteiger partial charge in [-0.05, 0) is 49.8 Å². The standard InChI is InChI=1S/C28H35FN4O5Si/c1-18-27(36-2)21-15-20(33-22-7-5-6-8-24(22)37-17-26(33)35)9-10-23(21)38-28(18)25(39(3,4)29)11-13-32-16-19(12-14-34)30-31-32/h5-10,15-16,18,25,27-28,34H,11-14,17H2,1-4H3/t18-,25?,27-,28-/m0/s1. The topological polar surface area (TPSA) is 98.9 Å². The van der Waals surface area contributed by atoms with Crippen LogP contribution in [0.2, 0.25) is 18.6 Å². The SMILES string of the molecule is CO[C@@H]1c2cc(N3C(=O)COc4ccccc43)ccc2O[C@H](C(CCn2cc(CCO)nn2)[Si](C)(C)F)[C@H]1C. The van der Waals surface area contributed by atoms with Gasteiger partial charge in [0.1, 0.15) is 17.6 Å². The second-order valence-corrected chi connectivity index (χ2v) is 14.6. The molecule has 5 rings (SSSR count). The van der Waals surface area contributed by atoms with Gasteiger partial charge in [-0.2, -0.15) is 0 Å². The molecule has 1 N–H and O–H groups in total. The van der Waals surface area contributed by atoms with E-state index in [4.69, 9.17) is 19.3 Å². The molecule has 9 nitrogen and oxygen atoms in total. The molecule has 1 unspecified atom stereocenters. The first-order chi connectivity index (χ1) is 18.7. The normalized spacial score (nSPS) is 21.5. The van der Waals surface area contributed by atoms with Crippen molar-refractivity contribution in [3.05, 3.63) is 59.9 Å². The quantitative estimate of drug-likeness (QED) is 0.305. The molecule has 2 aliphatic heterocycles. The number of hydrogen-bond acceptors (Lipinski definition) is 7. The van der Waals surface area contributed by atoms with E-state index in [0.717, 1.165) is 5.56 Å². The monoisotopic (exact) mass is 554 g/mol. The minimum Gasteiger partial charge on any atom is -0.490 e. The van der Waals surface area contributed by atoms with Crippen LogP contribution in [0.4, 0.5) is 15.5 Å². The Morgan fingerprint density at radius 3 is 2.77 bits per heavy atom. The van der Waals surface area contributed by atoms with E-state index in [0.29, 0.717) is 48.0 Å². The summed E-state index contributed by atoms with van der Waals surface area (Å²) in [5.74, 6) is 0.984. The number of carbonyl (C=O) groups is 1. The number of fused-ring (bicyclic) bond motifs is 2. The maximum absolute atomic E-state index is 15.8. The molecule has 3 aromatic rings. The number of halogens is 1. The molecule has 3 heterocycles. The van der Waals surface area contributed by atoms with E-state index >= 15 is 4.11 Å². The van der Waals surface area contributed by atoms with E-state index < -0.39 is 14.5 Å². The van der Waals surface area contributed by atoms with Gasteiger partial charge in [0, 0.05) is 55.6 Å². The van der Waals surface area contributed by atoms with Crippen LogP contribution >= 0.6 is 0 Å². The van der Waals surface area contributed by atoms with Gasteiger partial charge in [0.05, 0.1) is 17.5 Å². The summed E-state index contributed by atoms with van der Waals surface area (Å²) in [4.78, 5) is 14.6. The van der Waals surface area contributed by atoms with Gasteiger partial charge in [0.15, 0.2) is 6.61 Å². The van der Waals surface area contributed by atoms with Crippen molar-refractivity contribution >= 4 is 25.7 Å². The highest BCUT2D eigenvalue weighted by atomic mass is 28.4. The lowest BCUT2D eigenvalue weighted by Crippen LogP contribution is -2.46. The van der Waals surface area contributed by atoms with Gasteiger partial charge in [0.25, 0.3) is 5.91 Å². The van der Waals surface area contributed by atoms with E-state index in [2.05, 4.69) is 10.3 Å². The van der Waals surface area contributed by atoms with Crippen LogP contribution in [-0.4, -0.2) is 60.8 Å². The fraction of sp³-hybridized carbons (Fsp3) is 0.464. The highest BCUT2D eigenvalue weighted by Crippen LogP contribution is 2.49. The van der Waals surface area contributed by atoms with Crippen molar-refractivity contribution in [1.82, 2.24) is 15.0 Å². The first-order valence-electron chi connectivity index (χ1n) is 13.3. The van der Waals surface area contributed by atoms with Crippen molar-refractivity contribution in [2.45, 2.75) is 57.2 Å². The molecule has 39 heavy (non-hydrogen) atoms. The van der Waals surface area contributed by atoms with E-state index in [-0.39, 0.29) is 36.7 Å². The number of amides is 1. The highest BCUT2D eigenvalue weighted by Gasteiger charge is 2.47. The van der Waals surface area contributed by atoms with Gasteiger partial charge >= 0.3 is 0 Å². The van der Waals surface area contributed by atoms with Crippen LogP contribution in [0, 0.1) is 5.92 Å². The largest absolute Gasteiger partial charge is 0.490 e. The van der Waals surface area contributed by atoms with Crippen molar-refractivity contribution in [3.8, 4) is 11.5 Å². The highest BCUT2D eigenvalue weighted by molar-refractivity contribution is 6.72. The number of para-hydroxylation sites is 2. The summed E-state index contributed by atoms with van der Waals surface area (Å²) < 4.78 is 35.7. The number of aliphatic hydroxyl groups is 1.